The molecule has 0 aromatic heterocycles. The maximum atomic E-state index is 11.6. The molecule has 88 valence electrons. The van der Waals surface area contributed by atoms with Gasteiger partial charge in [-0.1, -0.05) is 25.1 Å². The van der Waals surface area contributed by atoms with E-state index in [0.29, 0.717) is 12.3 Å². The first kappa shape index (κ1) is 10.6. The highest BCUT2D eigenvalue weighted by atomic mass is 16.1. The molecule has 0 spiro atoms. The quantitative estimate of drug-likeness (QED) is 0.678. The van der Waals surface area contributed by atoms with Crippen LogP contribution in [-0.4, -0.2) is 11.8 Å². The second-order valence-electron chi connectivity index (χ2n) is 5.19. The molecule has 0 amide bonds. The first-order chi connectivity index (χ1) is 8.16. The fraction of sp³-hybridized carbons (Fsp3) is 0.400. The number of carbonyl (C=O) groups excluding carboxylic acids is 1. The molecule has 0 aliphatic carbocycles. The van der Waals surface area contributed by atoms with Gasteiger partial charge >= 0.3 is 0 Å². The zero-order valence-electron chi connectivity index (χ0n) is 10.3. The molecule has 0 saturated heterocycles. The average molecular weight is 227 g/mol. The highest BCUT2D eigenvalue weighted by Crippen LogP contribution is 2.42. The molecule has 0 bridgehead atoms. The number of nitrogens with zero attached hydrogens (tertiary/aromatic N) is 1. The van der Waals surface area contributed by atoms with Crippen LogP contribution in [0.5, 0.6) is 0 Å². The van der Waals surface area contributed by atoms with Crippen LogP contribution in [0.3, 0.4) is 0 Å². The number of hydrogen-bond acceptors (Lipinski definition) is 2. The molecule has 2 aliphatic rings. The van der Waals surface area contributed by atoms with E-state index in [1.807, 2.05) is 6.08 Å². The number of allylic oxidation sites excluding steroid dienone is 2. The van der Waals surface area contributed by atoms with E-state index in [1.54, 1.807) is 0 Å². The number of rotatable bonds is 0. The molecule has 17 heavy (non-hydrogen) atoms. The predicted octanol–water partition coefficient (Wildman–Crippen LogP) is 3.25. The lowest BCUT2D eigenvalue weighted by Crippen LogP contribution is -2.40. The molecule has 1 aromatic carbocycles. The summed E-state index contributed by atoms with van der Waals surface area (Å²) in [4.78, 5) is 14.0. The Bertz CT molecular complexity index is 503. The van der Waals surface area contributed by atoms with Gasteiger partial charge in [-0.05, 0) is 30.9 Å². The number of hydrogen-bond donors (Lipinski definition) is 0. The van der Waals surface area contributed by atoms with Gasteiger partial charge in [0, 0.05) is 29.9 Å². The van der Waals surface area contributed by atoms with E-state index in [0.717, 1.165) is 6.42 Å². The summed E-state index contributed by atoms with van der Waals surface area (Å²) in [5.41, 5.74) is 3.89. The second-order valence-corrected chi connectivity index (χ2v) is 5.19. The van der Waals surface area contributed by atoms with Crippen LogP contribution in [-0.2, 0) is 4.79 Å². The summed E-state index contributed by atoms with van der Waals surface area (Å²) in [6.07, 6.45) is 3.45. The normalized spacial score (nSPS) is 27.3. The summed E-state index contributed by atoms with van der Waals surface area (Å²) in [5, 5.41) is 0. The molecule has 2 atom stereocenters. The molecule has 0 fully saturated rings. The van der Waals surface area contributed by atoms with Gasteiger partial charge in [0.2, 0.25) is 0 Å². The number of carbonyl (C=O) groups is 1. The van der Waals surface area contributed by atoms with E-state index in [2.05, 4.69) is 43.0 Å². The minimum absolute atomic E-state index is 0.273. The van der Waals surface area contributed by atoms with Crippen molar-refractivity contribution in [3.8, 4) is 0 Å². The standard InChI is InChI=1S/C15H17NO/c1-10-7-12-9-13(17)8-11(2)16(12)15-6-4-3-5-14(10)15/h3-6,9-11H,7-8H2,1-2H3. The van der Waals surface area contributed by atoms with Crippen molar-refractivity contribution in [3.63, 3.8) is 0 Å². The first-order valence-electron chi connectivity index (χ1n) is 6.28. The van der Waals surface area contributed by atoms with Crippen LogP contribution < -0.4 is 4.90 Å². The first-order valence-corrected chi connectivity index (χ1v) is 6.28. The van der Waals surface area contributed by atoms with E-state index in [4.69, 9.17) is 0 Å². The Morgan fingerprint density at radius 2 is 1.94 bits per heavy atom. The Hall–Kier alpha value is -1.57. The van der Waals surface area contributed by atoms with Crippen molar-refractivity contribution in [2.45, 2.75) is 38.6 Å². The Morgan fingerprint density at radius 1 is 1.18 bits per heavy atom. The average Bonchev–Trinajstić information content (AvgIpc) is 2.28. The number of ketones is 1. The lowest BCUT2D eigenvalue weighted by molar-refractivity contribution is -0.115. The molecule has 2 heteroatoms. The summed E-state index contributed by atoms with van der Waals surface area (Å²) >= 11 is 0. The molecule has 0 saturated carbocycles. The summed E-state index contributed by atoms with van der Waals surface area (Å²) < 4.78 is 0. The molecule has 2 aliphatic heterocycles. The van der Waals surface area contributed by atoms with Gasteiger partial charge in [-0.3, -0.25) is 4.79 Å². The van der Waals surface area contributed by atoms with Crippen molar-refractivity contribution < 1.29 is 4.79 Å². The minimum atomic E-state index is 0.273. The molecular formula is C15H17NO. The van der Waals surface area contributed by atoms with E-state index in [9.17, 15) is 4.79 Å². The van der Waals surface area contributed by atoms with Gasteiger partial charge in [0.25, 0.3) is 0 Å². The third kappa shape index (κ3) is 1.59. The van der Waals surface area contributed by atoms with Gasteiger partial charge in [0.1, 0.15) is 0 Å². The molecule has 2 unspecified atom stereocenters. The maximum Gasteiger partial charge on any atom is 0.159 e. The van der Waals surface area contributed by atoms with Crippen LogP contribution in [0.15, 0.2) is 36.0 Å². The second kappa shape index (κ2) is 3.73. The number of fused-ring (bicyclic) bond motifs is 3. The van der Waals surface area contributed by atoms with Gasteiger partial charge < -0.3 is 4.90 Å². The van der Waals surface area contributed by atoms with Gasteiger partial charge in [-0.25, -0.2) is 0 Å². The van der Waals surface area contributed by atoms with Crippen LogP contribution in [0.4, 0.5) is 5.69 Å². The summed E-state index contributed by atoms with van der Waals surface area (Å²) in [6.45, 7) is 4.37. The third-order valence-electron chi connectivity index (χ3n) is 3.82. The molecular weight excluding hydrogens is 210 g/mol. The Balaban J connectivity index is 2.15. The van der Waals surface area contributed by atoms with Crippen molar-refractivity contribution in [3.05, 3.63) is 41.6 Å². The van der Waals surface area contributed by atoms with Crippen molar-refractivity contribution in [2.24, 2.45) is 0 Å². The van der Waals surface area contributed by atoms with Crippen molar-refractivity contribution in [1.29, 1.82) is 0 Å². The monoisotopic (exact) mass is 227 g/mol. The van der Waals surface area contributed by atoms with Gasteiger partial charge in [0.15, 0.2) is 5.78 Å². The maximum absolute atomic E-state index is 11.6. The van der Waals surface area contributed by atoms with Crippen molar-refractivity contribution in [1.82, 2.24) is 0 Å². The lowest BCUT2D eigenvalue weighted by Gasteiger charge is -2.42. The van der Waals surface area contributed by atoms with Gasteiger partial charge in [-0.2, -0.15) is 0 Å². The zero-order valence-corrected chi connectivity index (χ0v) is 10.3. The number of anilines is 1. The van der Waals surface area contributed by atoms with E-state index in [1.165, 1.54) is 16.9 Å². The minimum Gasteiger partial charge on any atom is -0.341 e. The topological polar surface area (TPSA) is 20.3 Å². The number of para-hydroxylation sites is 1. The molecule has 2 heterocycles. The SMILES string of the molecule is CC1CC2=CC(=O)CC(C)N2c2ccccc21. The van der Waals surface area contributed by atoms with Crippen LogP contribution in [0.25, 0.3) is 0 Å². The molecule has 2 nitrogen and oxygen atoms in total. The zero-order chi connectivity index (χ0) is 12.0. The van der Waals surface area contributed by atoms with E-state index < -0.39 is 0 Å². The van der Waals surface area contributed by atoms with Crippen LogP contribution in [0.1, 0.15) is 38.2 Å². The molecule has 0 radical (unpaired) electrons. The smallest absolute Gasteiger partial charge is 0.159 e. The summed E-state index contributed by atoms with van der Waals surface area (Å²) in [7, 11) is 0. The number of benzene rings is 1. The largest absolute Gasteiger partial charge is 0.341 e. The highest BCUT2D eigenvalue weighted by molar-refractivity contribution is 5.94. The Morgan fingerprint density at radius 3 is 2.76 bits per heavy atom. The summed E-state index contributed by atoms with van der Waals surface area (Å²) in [5.74, 6) is 0.780. The van der Waals surface area contributed by atoms with E-state index >= 15 is 0 Å². The van der Waals surface area contributed by atoms with Gasteiger partial charge in [0.05, 0.1) is 0 Å². The fourth-order valence-corrected chi connectivity index (χ4v) is 3.08. The fourth-order valence-electron chi connectivity index (χ4n) is 3.08. The molecule has 3 rings (SSSR count). The Labute approximate surface area is 102 Å². The van der Waals surface area contributed by atoms with E-state index in [-0.39, 0.29) is 11.8 Å². The predicted molar refractivity (Wildman–Crippen MR) is 69.1 cm³/mol. The summed E-state index contributed by atoms with van der Waals surface area (Å²) in [6, 6.07) is 8.85. The van der Waals surface area contributed by atoms with Crippen LogP contribution in [0.2, 0.25) is 0 Å². The van der Waals surface area contributed by atoms with Crippen molar-refractivity contribution >= 4 is 11.5 Å². The molecule has 1 aromatic rings. The lowest BCUT2D eigenvalue weighted by atomic mass is 9.86. The van der Waals surface area contributed by atoms with Crippen molar-refractivity contribution in [2.75, 3.05) is 4.90 Å². The highest BCUT2D eigenvalue weighted by Gasteiger charge is 2.32. The van der Waals surface area contributed by atoms with Crippen LogP contribution in [0, 0.1) is 0 Å². The van der Waals surface area contributed by atoms with Gasteiger partial charge in [-0.15, -0.1) is 0 Å². The third-order valence-corrected chi connectivity index (χ3v) is 3.82. The molecule has 0 N–H and O–H groups in total. The van der Waals surface area contributed by atoms with Crippen LogP contribution >= 0.6 is 0 Å². The Kier molecular flexibility index (Phi) is 2.32.